The first-order valence-corrected chi connectivity index (χ1v) is 11.7. The van der Waals surface area contributed by atoms with Gasteiger partial charge in [0.1, 0.15) is 5.75 Å². The third-order valence-electron chi connectivity index (χ3n) is 6.20. The Bertz CT molecular complexity index is 910. The zero-order valence-corrected chi connectivity index (χ0v) is 17.2. The Morgan fingerprint density at radius 2 is 2.00 bits per heavy atom. The summed E-state index contributed by atoms with van der Waals surface area (Å²) in [7, 11) is -0.251. The Morgan fingerprint density at radius 3 is 2.86 bits per heavy atom. The van der Waals surface area contributed by atoms with Crippen LogP contribution in [-0.4, -0.2) is 53.4 Å². The second-order valence-electron chi connectivity index (χ2n) is 7.90. The molecule has 0 spiro atoms. The number of nitrogens with one attached hydrogen (secondary N) is 1. The molecule has 2 atom stereocenters. The van der Waals surface area contributed by atoms with Crippen LogP contribution in [-0.2, 0) is 29.3 Å². The number of anilines is 1. The molecule has 5 rings (SSSR count). The average Bonchev–Trinajstić information content (AvgIpc) is 3.21. The van der Waals surface area contributed by atoms with E-state index in [1.165, 1.54) is 16.7 Å². The van der Waals surface area contributed by atoms with Crippen molar-refractivity contribution in [3.05, 3.63) is 46.8 Å². The molecule has 0 radical (unpaired) electrons. The molecule has 148 valence electrons. The van der Waals surface area contributed by atoms with Crippen LogP contribution < -0.4 is 9.64 Å². The summed E-state index contributed by atoms with van der Waals surface area (Å²) in [6, 6.07) is 7.10. The van der Waals surface area contributed by atoms with Crippen LogP contribution >= 0.6 is 0 Å². The molecule has 1 aromatic carbocycles. The van der Waals surface area contributed by atoms with Crippen molar-refractivity contribution >= 4 is 16.6 Å². The quantitative estimate of drug-likeness (QED) is 0.863. The lowest BCUT2D eigenvalue weighted by Gasteiger charge is -2.38. The molecule has 2 aromatic rings. The molecule has 1 fully saturated rings. The molecule has 4 heterocycles. The van der Waals surface area contributed by atoms with Gasteiger partial charge < -0.3 is 9.64 Å². The number of rotatable bonds is 3. The molecule has 2 unspecified atom stereocenters. The number of hydrogen-bond acceptors (Lipinski definition) is 6. The number of piperazine rings is 1. The summed E-state index contributed by atoms with van der Waals surface area (Å²) in [6.07, 6.45) is 3.92. The number of nitrogens with zero attached hydrogens (tertiary/aromatic N) is 4. The zero-order valence-electron chi connectivity index (χ0n) is 16.4. The number of hydrogen-bond donors (Lipinski definition) is 1. The second-order valence-corrected chi connectivity index (χ2v) is 9.58. The van der Waals surface area contributed by atoms with Gasteiger partial charge in [0.15, 0.2) is 0 Å². The van der Waals surface area contributed by atoms with Crippen molar-refractivity contribution in [2.24, 2.45) is 0 Å². The third kappa shape index (κ3) is 3.42. The lowest BCUT2D eigenvalue weighted by molar-refractivity contribution is 0.197. The number of ether oxygens (including phenoxy) is 1. The molecule has 3 aliphatic heterocycles. The van der Waals surface area contributed by atoms with Crippen LogP contribution in [0.3, 0.4) is 0 Å². The fraction of sp³-hybridized carbons (Fsp3) is 0.524. The average molecular weight is 398 g/mol. The van der Waals surface area contributed by atoms with Crippen molar-refractivity contribution in [3.8, 4) is 5.75 Å². The molecular formula is C21H27N5OS. The molecule has 28 heavy (non-hydrogen) atoms. The Morgan fingerprint density at radius 1 is 1.14 bits per heavy atom. The van der Waals surface area contributed by atoms with Crippen molar-refractivity contribution in [1.29, 1.82) is 4.78 Å². The van der Waals surface area contributed by atoms with Crippen LogP contribution in [0, 0.1) is 4.78 Å². The van der Waals surface area contributed by atoms with Crippen LogP contribution in [0.4, 0.5) is 5.95 Å². The molecule has 0 bridgehead atoms. The molecule has 6 nitrogen and oxygen atoms in total. The van der Waals surface area contributed by atoms with Crippen molar-refractivity contribution in [1.82, 2.24) is 14.9 Å². The number of aryl methyl sites for hydroxylation is 1. The molecule has 1 saturated heterocycles. The van der Waals surface area contributed by atoms with Gasteiger partial charge in [-0.1, -0.05) is 22.8 Å². The van der Waals surface area contributed by atoms with E-state index in [4.69, 9.17) is 14.5 Å². The molecule has 1 aromatic heterocycles. The maximum absolute atomic E-state index is 7.97. The second kappa shape index (κ2) is 7.44. The van der Waals surface area contributed by atoms with Gasteiger partial charge >= 0.3 is 0 Å². The Balaban J connectivity index is 1.24. The van der Waals surface area contributed by atoms with Crippen molar-refractivity contribution in [3.63, 3.8) is 0 Å². The van der Waals surface area contributed by atoms with Crippen LogP contribution in [0.2, 0.25) is 0 Å². The predicted octanol–water partition coefficient (Wildman–Crippen LogP) is 2.73. The highest BCUT2D eigenvalue weighted by Crippen LogP contribution is 2.31. The number of benzene rings is 1. The Labute approximate surface area is 168 Å². The summed E-state index contributed by atoms with van der Waals surface area (Å²) in [5, 5.41) is 0. The van der Waals surface area contributed by atoms with E-state index in [0.29, 0.717) is 6.04 Å². The van der Waals surface area contributed by atoms with Gasteiger partial charge in [0, 0.05) is 68.3 Å². The summed E-state index contributed by atoms with van der Waals surface area (Å²) in [6.45, 7) is 7.03. The van der Waals surface area contributed by atoms with Crippen LogP contribution in [0.25, 0.3) is 0 Å². The van der Waals surface area contributed by atoms with Gasteiger partial charge in [-0.3, -0.25) is 9.68 Å². The van der Waals surface area contributed by atoms with E-state index in [0.717, 1.165) is 74.5 Å². The molecular weight excluding hydrogens is 370 g/mol. The van der Waals surface area contributed by atoms with Gasteiger partial charge in [-0.15, -0.1) is 0 Å². The molecule has 0 aliphatic carbocycles. The van der Waals surface area contributed by atoms with Gasteiger partial charge in [0.25, 0.3) is 0 Å². The van der Waals surface area contributed by atoms with E-state index in [9.17, 15) is 0 Å². The van der Waals surface area contributed by atoms with Crippen LogP contribution in [0.15, 0.2) is 24.4 Å². The summed E-state index contributed by atoms with van der Waals surface area (Å²) in [5.41, 5.74) is 5.02. The maximum atomic E-state index is 7.97. The monoisotopic (exact) mass is 397 g/mol. The maximum Gasteiger partial charge on any atom is 0.225 e. The number of aromatic nitrogens is 2. The summed E-state index contributed by atoms with van der Waals surface area (Å²) in [5.74, 6) is 3.70. The zero-order chi connectivity index (χ0) is 19.1. The van der Waals surface area contributed by atoms with E-state index < -0.39 is 0 Å². The minimum atomic E-state index is -0.251. The van der Waals surface area contributed by atoms with E-state index in [2.05, 4.69) is 39.9 Å². The SMILES string of the molecule is CC(c1ccc2c(c1)OCC2)N1CCN(c2ncc3c(n2)CCS(=N)C3)CC1. The fourth-order valence-corrected chi connectivity index (χ4v) is 5.56. The minimum absolute atomic E-state index is 0.251. The topological polar surface area (TPSA) is 65.3 Å². The molecule has 7 heteroatoms. The van der Waals surface area contributed by atoms with Gasteiger partial charge in [0.05, 0.1) is 12.3 Å². The van der Waals surface area contributed by atoms with E-state index >= 15 is 0 Å². The molecule has 0 amide bonds. The highest BCUT2D eigenvalue weighted by molar-refractivity contribution is 7.85. The van der Waals surface area contributed by atoms with Gasteiger partial charge in [-0.2, -0.15) is 0 Å². The lowest BCUT2D eigenvalue weighted by Crippen LogP contribution is -2.47. The van der Waals surface area contributed by atoms with E-state index in [1.54, 1.807) is 0 Å². The van der Waals surface area contributed by atoms with E-state index in [1.807, 2.05) is 6.20 Å². The van der Waals surface area contributed by atoms with Crippen LogP contribution in [0.5, 0.6) is 5.75 Å². The molecule has 1 N–H and O–H groups in total. The van der Waals surface area contributed by atoms with Crippen molar-refractivity contribution in [2.75, 3.05) is 43.4 Å². The third-order valence-corrected chi connectivity index (χ3v) is 7.56. The normalized spacial score (nSPS) is 23.0. The van der Waals surface area contributed by atoms with Gasteiger partial charge in [0.2, 0.25) is 5.95 Å². The first-order valence-electron chi connectivity index (χ1n) is 10.2. The fourth-order valence-electron chi connectivity index (χ4n) is 4.36. The summed E-state index contributed by atoms with van der Waals surface area (Å²) < 4.78 is 13.7. The smallest absolute Gasteiger partial charge is 0.225 e. The van der Waals surface area contributed by atoms with Crippen molar-refractivity contribution < 1.29 is 4.74 Å². The highest BCUT2D eigenvalue weighted by Gasteiger charge is 2.25. The first-order chi connectivity index (χ1) is 13.7. The van der Waals surface area contributed by atoms with Crippen molar-refractivity contribution in [2.45, 2.75) is 31.6 Å². The van der Waals surface area contributed by atoms with Gasteiger partial charge in [-0.05, 0) is 24.1 Å². The standard InChI is InChI=1S/C21H27N5OS/c1-15(17-3-2-16-4-10-27-20(16)12-17)25-6-8-26(9-7-25)21-23-13-18-14-28(22)11-5-19(18)24-21/h2-3,12-13,15,22H,4-11,14H2,1H3. The highest BCUT2D eigenvalue weighted by atomic mass is 32.2. The lowest BCUT2D eigenvalue weighted by atomic mass is 10.0. The van der Waals surface area contributed by atoms with Crippen LogP contribution in [0.1, 0.15) is 35.3 Å². The Kier molecular flexibility index (Phi) is 4.80. The predicted molar refractivity (Wildman–Crippen MR) is 112 cm³/mol. The first kappa shape index (κ1) is 18.1. The van der Waals surface area contributed by atoms with E-state index in [-0.39, 0.29) is 10.7 Å². The number of fused-ring (bicyclic) bond motifs is 2. The summed E-state index contributed by atoms with van der Waals surface area (Å²) >= 11 is 0. The molecule has 0 saturated carbocycles. The molecule has 3 aliphatic rings. The minimum Gasteiger partial charge on any atom is -0.493 e. The largest absolute Gasteiger partial charge is 0.493 e. The Hall–Kier alpha value is -1.99. The van der Waals surface area contributed by atoms with Gasteiger partial charge in [-0.25, -0.2) is 9.97 Å². The summed E-state index contributed by atoms with van der Waals surface area (Å²) in [4.78, 5) is 14.3.